The minimum Gasteiger partial charge on any atom is -0.356 e. The van der Waals surface area contributed by atoms with Crippen molar-refractivity contribution in [1.82, 2.24) is 0 Å². The quantitative estimate of drug-likeness (QED) is 0.179. The highest BCUT2D eigenvalue weighted by molar-refractivity contribution is 5.84. The van der Waals surface area contributed by atoms with Gasteiger partial charge in [0, 0.05) is 33.6 Å². The van der Waals surface area contributed by atoms with Crippen molar-refractivity contribution >= 4 is 22.7 Å². The van der Waals surface area contributed by atoms with E-state index in [9.17, 15) is 0 Å². The molecule has 2 nitrogen and oxygen atoms in total. The lowest BCUT2D eigenvalue weighted by molar-refractivity contribution is 0.660. The first kappa shape index (κ1) is 35.1. The molecule has 0 aliphatic heterocycles. The van der Waals surface area contributed by atoms with E-state index < -0.39 is 0 Å². The third-order valence-corrected chi connectivity index (χ3v) is 11.7. The Kier molecular flexibility index (Phi) is 8.90. The largest absolute Gasteiger partial charge is 0.356 e. The van der Waals surface area contributed by atoms with Gasteiger partial charge in [0.05, 0.1) is 0 Å². The van der Waals surface area contributed by atoms with Gasteiger partial charge in [-0.15, -0.1) is 0 Å². The predicted octanol–water partition coefficient (Wildman–Crippen LogP) is 14.8. The number of fused-ring (bicyclic) bond motifs is 6. The van der Waals surface area contributed by atoms with E-state index in [1.54, 1.807) is 0 Å². The first-order chi connectivity index (χ1) is 27.3. The lowest BCUT2D eigenvalue weighted by Gasteiger charge is -2.22. The maximum atomic E-state index is 3.58. The zero-order valence-electron chi connectivity index (χ0n) is 32.5. The van der Waals surface area contributed by atoms with Crippen molar-refractivity contribution in [2.45, 2.75) is 38.5 Å². The van der Waals surface area contributed by atoms with Crippen molar-refractivity contribution in [3.05, 3.63) is 216 Å². The first-order valence-corrected chi connectivity index (χ1v) is 19.6. The van der Waals surface area contributed by atoms with Crippen LogP contribution in [0.1, 0.15) is 49.9 Å². The second-order valence-corrected chi connectivity index (χ2v) is 16.0. The van der Waals surface area contributed by atoms with Gasteiger partial charge in [-0.1, -0.05) is 173 Å². The van der Waals surface area contributed by atoms with E-state index in [1.165, 1.54) is 66.8 Å². The molecule has 0 saturated carbocycles. The predicted molar refractivity (Wildman–Crippen MR) is 238 cm³/mol. The van der Waals surface area contributed by atoms with E-state index in [2.05, 4.69) is 220 Å². The van der Waals surface area contributed by atoms with Crippen molar-refractivity contribution in [3.63, 3.8) is 0 Å². The Bertz CT molecular complexity index is 2470. The lowest BCUT2D eigenvalue weighted by atomic mass is 9.82. The Morgan fingerprint density at radius 3 is 0.964 bits per heavy atom. The van der Waals surface area contributed by atoms with Crippen molar-refractivity contribution in [1.29, 1.82) is 0 Å². The molecule has 2 N–H and O–H groups in total. The standard InChI is InChI=1S/2C27H23N/c2*1-27(2)25-11-7-6-10-23(25)24-17-16-22(18-26(24)27)28-21-14-12-20(13-15-21)19-8-4-3-5-9-19/h2*3-18,28H,1-2H3. The molecule has 10 rings (SSSR count). The molecule has 56 heavy (non-hydrogen) atoms. The molecule has 0 aromatic heterocycles. The van der Waals surface area contributed by atoms with E-state index in [0.717, 1.165) is 22.7 Å². The molecule has 0 bridgehead atoms. The van der Waals surface area contributed by atoms with Crippen LogP contribution in [0, 0.1) is 0 Å². The summed E-state index contributed by atoms with van der Waals surface area (Å²) in [4.78, 5) is 0. The topological polar surface area (TPSA) is 24.1 Å². The average Bonchev–Trinajstić information content (AvgIpc) is 3.61. The molecule has 0 saturated heterocycles. The van der Waals surface area contributed by atoms with Gasteiger partial charge in [0.15, 0.2) is 0 Å². The Morgan fingerprint density at radius 2 is 0.571 bits per heavy atom. The molecule has 0 atom stereocenters. The van der Waals surface area contributed by atoms with Gasteiger partial charge in [-0.2, -0.15) is 0 Å². The van der Waals surface area contributed by atoms with Crippen molar-refractivity contribution in [2.75, 3.05) is 10.6 Å². The fourth-order valence-electron chi connectivity index (χ4n) is 8.65. The van der Waals surface area contributed by atoms with Crippen molar-refractivity contribution in [2.24, 2.45) is 0 Å². The number of rotatable bonds is 6. The maximum Gasteiger partial charge on any atom is 0.0387 e. The maximum absolute atomic E-state index is 3.58. The van der Waals surface area contributed by atoms with Gasteiger partial charge >= 0.3 is 0 Å². The third kappa shape index (κ3) is 6.48. The van der Waals surface area contributed by atoms with Crippen LogP contribution in [-0.2, 0) is 10.8 Å². The molecule has 8 aromatic rings. The van der Waals surface area contributed by atoms with Crippen LogP contribution in [-0.4, -0.2) is 0 Å². The van der Waals surface area contributed by atoms with Gasteiger partial charge in [0.1, 0.15) is 0 Å². The zero-order chi connectivity index (χ0) is 38.3. The molecule has 0 amide bonds. The molecule has 2 aliphatic rings. The third-order valence-electron chi connectivity index (χ3n) is 11.7. The zero-order valence-corrected chi connectivity index (χ0v) is 32.5. The summed E-state index contributed by atoms with van der Waals surface area (Å²) in [6.45, 7) is 9.26. The summed E-state index contributed by atoms with van der Waals surface area (Å²) in [5.74, 6) is 0. The minimum atomic E-state index is 0.0286. The molecule has 0 heterocycles. The second-order valence-electron chi connectivity index (χ2n) is 16.0. The fraction of sp³-hybridized carbons (Fsp3) is 0.111. The van der Waals surface area contributed by atoms with Crippen molar-refractivity contribution < 1.29 is 0 Å². The number of nitrogens with one attached hydrogen (secondary N) is 2. The summed E-state index contributed by atoms with van der Waals surface area (Å²) in [5, 5.41) is 7.15. The summed E-state index contributed by atoms with van der Waals surface area (Å²) in [7, 11) is 0. The molecule has 0 fully saturated rings. The monoisotopic (exact) mass is 722 g/mol. The number of anilines is 4. The van der Waals surface area contributed by atoms with E-state index in [0.29, 0.717) is 0 Å². The number of hydrogen-bond donors (Lipinski definition) is 2. The SMILES string of the molecule is CC1(C)c2ccccc2-c2ccc(Nc3ccc(-c4ccccc4)cc3)cc21.CC1(C)c2ccccc2-c2ccc(Nc3ccc(-c4ccccc4)cc3)cc21. The Hall–Kier alpha value is -6.64. The van der Waals surface area contributed by atoms with Crippen LogP contribution in [0.4, 0.5) is 22.7 Å². The minimum absolute atomic E-state index is 0.0286. The molecule has 2 aliphatic carbocycles. The van der Waals surface area contributed by atoms with Gasteiger partial charge in [0.25, 0.3) is 0 Å². The normalized spacial score (nSPS) is 13.6. The van der Waals surface area contributed by atoms with Gasteiger partial charge in [-0.3, -0.25) is 0 Å². The van der Waals surface area contributed by atoms with Crippen LogP contribution in [0.3, 0.4) is 0 Å². The fourth-order valence-corrected chi connectivity index (χ4v) is 8.65. The highest BCUT2D eigenvalue weighted by Crippen LogP contribution is 2.50. The summed E-state index contributed by atoms with van der Waals surface area (Å²) >= 11 is 0. The summed E-state index contributed by atoms with van der Waals surface area (Å²) in [6.07, 6.45) is 0. The van der Waals surface area contributed by atoms with Crippen LogP contribution in [0.2, 0.25) is 0 Å². The molecular formula is C54H46N2. The summed E-state index contributed by atoms with van der Waals surface area (Å²) < 4.78 is 0. The number of benzene rings is 8. The lowest BCUT2D eigenvalue weighted by Crippen LogP contribution is -2.15. The number of hydrogen-bond acceptors (Lipinski definition) is 2. The van der Waals surface area contributed by atoms with E-state index in [4.69, 9.17) is 0 Å². The average molecular weight is 723 g/mol. The van der Waals surface area contributed by atoms with Gasteiger partial charge < -0.3 is 10.6 Å². The summed E-state index contributed by atoms with van der Waals surface area (Å²) in [6, 6.07) is 69.2. The van der Waals surface area contributed by atoms with Crippen LogP contribution in [0.15, 0.2) is 194 Å². The molecule has 0 radical (unpaired) electrons. The van der Waals surface area contributed by atoms with E-state index in [1.807, 2.05) is 12.1 Å². The van der Waals surface area contributed by atoms with Crippen LogP contribution < -0.4 is 10.6 Å². The molecule has 2 heteroatoms. The molecular weight excluding hydrogens is 677 g/mol. The van der Waals surface area contributed by atoms with Gasteiger partial charge in [-0.25, -0.2) is 0 Å². The Balaban J connectivity index is 0.000000146. The summed E-state index contributed by atoms with van der Waals surface area (Å²) in [5.41, 5.74) is 20.5. The highest BCUT2D eigenvalue weighted by Gasteiger charge is 2.36. The van der Waals surface area contributed by atoms with Gasteiger partial charge in [0.2, 0.25) is 0 Å². The van der Waals surface area contributed by atoms with Crippen LogP contribution in [0.25, 0.3) is 44.5 Å². The van der Waals surface area contributed by atoms with Crippen LogP contribution in [0.5, 0.6) is 0 Å². The Labute approximate surface area is 331 Å². The Morgan fingerprint density at radius 1 is 0.268 bits per heavy atom. The molecule has 0 unspecified atom stereocenters. The molecule has 272 valence electrons. The second kappa shape index (κ2) is 14.2. The smallest absolute Gasteiger partial charge is 0.0387 e. The van der Waals surface area contributed by atoms with E-state index >= 15 is 0 Å². The molecule has 8 aromatic carbocycles. The van der Waals surface area contributed by atoms with Gasteiger partial charge in [-0.05, 0) is 115 Å². The molecule has 0 spiro atoms. The van der Waals surface area contributed by atoms with Crippen molar-refractivity contribution in [3.8, 4) is 44.5 Å². The first-order valence-electron chi connectivity index (χ1n) is 19.6. The van der Waals surface area contributed by atoms with Crippen LogP contribution >= 0.6 is 0 Å². The highest BCUT2D eigenvalue weighted by atomic mass is 14.9. The van der Waals surface area contributed by atoms with E-state index in [-0.39, 0.29) is 10.8 Å².